The molecule has 0 heterocycles. The molecule has 0 unspecified atom stereocenters. The summed E-state index contributed by atoms with van der Waals surface area (Å²) in [7, 11) is 0. The van der Waals surface area contributed by atoms with Crippen LogP contribution >= 0.6 is 0 Å². The van der Waals surface area contributed by atoms with E-state index in [0.717, 1.165) is 12.0 Å². The SMILES string of the molecule is CC(=O)Nc1ccc(OCC(=O)N[C@@H](CC(C)C)c2ccccc2)cc1. The van der Waals surface area contributed by atoms with Crippen LogP contribution in [0.2, 0.25) is 0 Å². The summed E-state index contributed by atoms with van der Waals surface area (Å²) < 4.78 is 5.54. The largest absolute Gasteiger partial charge is 0.484 e. The normalized spacial score (nSPS) is 11.7. The van der Waals surface area contributed by atoms with Crippen LogP contribution in [0.15, 0.2) is 54.6 Å². The zero-order valence-corrected chi connectivity index (χ0v) is 15.5. The fraction of sp³-hybridized carbons (Fsp3) is 0.333. The van der Waals surface area contributed by atoms with Crippen molar-refractivity contribution in [2.45, 2.75) is 33.2 Å². The minimum atomic E-state index is -0.162. The van der Waals surface area contributed by atoms with E-state index in [1.165, 1.54) is 6.92 Å². The molecule has 0 fully saturated rings. The van der Waals surface area contributed by atoms with Gasteiger partial charge in [-0.25, -0.2) is 0 Å². The Morgan fingerprint density at radius 2 is 1.65 bits per heavy atom. The zero-order valence-electron chi connectivity index (χ0n) is 15.5. The molecule has 2 rings (SSSR count). The molecular formula is C21H26N2O3. The fourth-order valence-electron chi connectivity index (χ4n) is 2.66. The van der Waals surface area contributed by atoms with Crippen molar-refractivity contribution in [3.63, 3.8) is 0 Å². The first-order chi connectivity index (χ1) is 12.4. The lowest BCUT2D eigenvalue weighted by Crippen LogP contribution is -2.33. The van der Waals surface area contributed by atoms with Gasteiger partial charge in [-0.05, 0) is 42.2 Å². The van der Waals surface area contributed by atoms with Crippen LogP contribution in [0.4, 0.5) is 5.69 Å². The standard InChI is InChI=1S/C21H26N2O3/c1-15(2)13-20(17-7-5-4-6-8-17)23-21(25)14-26-19-11-9-18(10-12-19)22-16(3)24/h4-12,15,20H,13-14H2,1-3H3,(H,22,24)(H,23,25)/t20-/m0/s1. The van der Waals surface area contributed by atoms with Gasteiger partial charge in [0.2, 0.25) is 5.91 Å². The lowest BCUT2D eigenvalue weighted by Gasteiger charge is -2.21. The Labute approximate surface area is 154 Å². The quantitative estimate of drug-likeness (QED) is 0.755. The number of ether oxygens (including phenoxy) is 1. The van der Waals surface area contributed by atoms with Crippen LogP contribution in [0.25, 0.3) is 0 Å². The van der Waals surface area contributed by atoms with Gasteiger partial charge in [-0.1, -0.05) is 44.2 Å². The summed E-state index contributed by atoms with van der Waals surface area (Å²) in [6.07, 6.45) is 0.862. The van der Waals surface area contributed by atoms with Crippen molar-refractivity contribution in [3.8, 4) is 5.75 Å². The third kappa shape index (κ3) is 6.59. The Bertz CT molecular complexity index is 712. The number of carbonyl (C=O) groups is 2. The Morgan fingerprint density at radius 3 is 2.23 bits per heavy atom. The molecule has 0 spiro atoms. The van der Waals surface area contributed by atoms with Crippen LogP contribution in [0.1, 0.15) is 38.8 Å². The van der Waals surface area contributed by atoms with Gasteiger partial charge in [0.25, 0.3) is 5.91 Å². The number of hydrogen-bond acceptors (Lipinski definition) is 3. The highest BCUT2D eigenvalue weighted by Gasteiger charge is 2.16. The Hall–Kier alpha value is -2.82. The second kappa shape index (κ2) is 9.61. The number of anilines is 1. The number of rotatable bonds is 8. The molecule has 0 saturated heterocycles. The number of amides is 2. The molecule has 2 N–H and O–H groups in total. The van der Waals surface area contributed by atoms with Crippen molar-refractivity contribution in [2.24, 2.45) is 5.92 Å². The van der Waals surface area contributed by atoms with E-state index >= 15 is 0 Å². The van der Waals surface area contributed by atoms with Crippen LogP contribution in [0, 0.1) is 5.92 Å². The van der Waals surface area contributed by atoms with Crippen LogP contribution in [-0.2, 0) is 9.59 Å². The van der Waals surface area contributed by atoms with E-state index in [-0.39, 0.29) is 24.5 Å². The van der Waals surface area contributed by atoms with Gasteiger partial charge in [-0.15, -0.1) is 0 Å². The molecule has 138 valence electrons. The maximum Gasteiger partial charge on any atom is 0.258 e. The average Bonchev–Trinajstić information content (AvgIpc) is 2.60. The minimum Gasteiger partial charge on any atom is -0.484 e. The molecule has 0 aliphatic rings. The smallest absolute Gasteiger partial charge is 0.258 e. The maximum atomic E-state index is 12.3. The second-order valence-electron chi connectivity index (χ2n) is 6.65. The fourth-order valence-corrected chi connectivity index (χ4v) is 2.66. The van der Waals surface area contributed by atoms with Crippen LogP contribution in [0.5, 0.6) is 5.75 Å². The highest BCUT2D eigenvalue weighted by molar-refractivity contribution is 5.88. The topological polar surface area (TPSA) is 67.4 Å². The molecule has 1 atom stereocenters. The first-order valence-corrected chi connectivity index (χ1v) is 8.79. The van der Waals surface area contributed by atoms with Crippen LogP contribution in [0.3, 0.4) is 0 Å². The summed E-state index contributed by atoms with van der Waals surface area (Å²) in [5.41, 5.74) is 1.78. The summed E-state index contributed by atoms with van der Waals surface area (Å²) in [4.78, 5) is 23.3. The predicted molar refractivity (Wildman–Crippen MR) is 103 cm³/mol. The van der Waals surface area contributed by atoms with Crippen LogP contribution in [-0.4, -0.2) is 18.4 Å². The lowest BCUT2D eigenvalue weighted by atomic mass is 9.97. The van der Waals surface area contributed by atoms with E-state index in [0.29, 0.717) is 17.4 Å². The molecule has 0 radical (unpaired) electrons. The Balaban J connectivity index is 1.90. The molecule has 0 saturated carbocycles. The zero-order chi connectivity index (χ0) is 18.9. The van der Waals surface area contributed by atoms with Crippen molar-refractivity contribution in [1.29, 1.82) is 0 Å². The molecular weight excluding hydrogens is 328 g/mol. The van der Waals surface area contributed by atoms with Gasteiger partial charge in [0.15, 0.2) is 6.61 Å². The molecule has 0 aliphatic carbocycles. The second-order valence-corrected chi connectivity index (χ2v) is 6.65. The predicted octanol–water partition coefficient (Wildman–Crippen LogP) is 3.93. The molecule has 5 nitrogen and oxygen atoms in total. The first kappa shape index (κ1) is 19.5. The van der Waals surface area contributed by atoms with Gasteiger partial charge in [0.1, 0.15) is 5.75 Å². The summed E-state index contributed by atoms with van der Waals surface area (Å²) in [5.74, 6) is 0.748. The summed E-state index contributed by atoms with van der Waals surface area (Å²) in [5, 5.41) is 5.74. The molecule has 5 heteroatoms. The van der Waals surface area contributed by atoms with Gasteiger partial charge in [0.05, 0.1) is 6.04 Å². The molecule has 26 heavy (non-hydrogen) atoms. The summed E-state index contributed by atoms with van der Waals surface area (Å²) >= 11 is 0. The average molecular weight is 354 g/mol. The van der Waals surface area contributed by atoms with Crippen molar-refractivity contribution in [3.05, 3.63) is 60.2 Å². The molecule has 0 bridgehead atoms. The minimum absolute atomic E-state index is 0.0329. The molecule has 0 aliphatic heterocycles. The van der Waals surface area contributed by atoms with E-state index in [1.807, 2.05) is 30.3 Å². The summed E-state index contributed by atoms with van der Waals surface area (Å²) in [6, 6.07) is 16.8. The summed E-state index contributed by atoms with van der Waals surface area (Å²) in [6.45, 7) is 5.67. The van der Waals surface area contributed by atoms with Crippen LogP contribution < -0.4 is 15.4 Å². The highest BCUT2D eigenvalue weighted by atomic mass is 16.5. The van der Waals surface area contributed by atoms with Gasteiger partial charge in [-0.2, -0.15) is 0 Å². The Morgan fingerprint density at radius 1 is 1.00 bits per heavy atom. The molecule has 2 aromatic carbocycles. The van der Waals surface area contributed by atoms with Crippen molar-refractivity contribution >= 4 is 17.5 Å². The third-order valence-electron chi connectivity index (χ3n) is 3.79. The Kier molecular flexibility index (Phi) is 7.21. The molecule has 2 aromatic rings. The van der Waals surface area contributed by atoms with E-state index in [4.69, 9.17) is 4.74 Å². The first-order valence-electron chi connectivity index (χ1n) is 8.79. The van der Waals surface area contributed by atoms with Crippen molar-refractivity contribution < 1.29 is 14.3 Å². The maximum absolute atomic E-state index is 12.3. The van der Waals surface area contributed by atoms with E-state index in [9.17, 15) is 9.59 Å². The van der Waals surface area contributed by atoms with Gasteiger partial charge in [-0.3, -0.25) is 9.59 Å². The number of nitrogens with one attached hydrogen (secondary N) is 2. The monoisotopic (exact) mass is 354 g/mol. The molecule has 0 aromatic heterocycles. The third-order valence-corrected chi connectivity index (χ3v) is 3.79. The lowest BCUT2D eigenvalue weighted by molar-refractivity contribution is -0.124. The number of benzene rings is 2. The highest BCUT2D eigenvalue weighted by Crippen LogP contribution is 2.21. The van der Waals surface area contributed by atoms with Crippen molar-refractivity contribution in [1.82, 2.24) is 5.32 Å². The molecule has 2 amide bonds. The van der Waals surface area contributed by atoms with E-state index in [1.54, 1.807) is 24.3 Å². The van der Waals surface area contributed by atoms with Gasteiger partial charge >= 0.3 is 0 Å². The van der Waals surface area contributed by atoms with Crippen molar-refractivity contribution in [2.75, 3.05) is 11.9 Å². The number of carbonyl (C=O) groups excluding carboxylic acids is 2. The number of hydrogen-bond donors (Lipinski definition) is 2. The van der Waals surface area contributed by atoms with Gasteiger partial charge < -0.3 is 15.4 Å². The van der Waals surface area contributed by atoms with E-state index in [2.05, 4.69) is 24.5 Å². The van der Waals surface area contributed by atoms with E-state index < -0.39 is 0 Å². The van der Waals surface area contributed by atoms with Gasteiger partial charge in [0, 0.05) is 12.6 Å².